The van der Waals surface area contributed by atoms with Crippen LogP contribution >= 0.6 is 0 Å². The van der Waals surface area contributed by atoms with Crippen LogP contribution < -0.4 is 5.32 Å². The fourth-order valence-corrected chi connectivity index (χ4v) is 1.40. The second kappa shape index (κ2) is 5.41. The van der Waals surface area contributed by atoms with Crippen LogP contribution in [0.1, 0.15) is 12.8 Å². The van der Waals surface area contributed by atoms with Gasteiger partial charge in [0, 0.05) is 0 Å². The Hall–Kier alpha value is -1.69. The molecule has 0 unspecified atom stereocenters. The molecule has 0 atom stereocenters. The molecule has 0 fully saturated rings. The Labute approximate surface area is 93.6 Å². The van der Waals surface area contributed by atoms with Crippen LogP contribution in [-0.2, 0) is 6.54 Å². The lowest BCUT2D eigenvalue weighted by molar-refractivity contribution is 0.483. The fraction of sp³-hybridized carbons (Fsp3) is 0.500. The summed E-state index contributed by atoms with van der Waals surface area (Å²) in [5, 5.41) is 15.2. The van der Waals surface area contributed by atoms with Crippen molar-refractivity contribution in [3.63, 3.8) is 0 Å². The van der Waals surface area contributed by atoms with E-state index in [2.05, 4.69) is 20.7 Å². The van der Waals surface area contributed by atoms with E-state index in [1.165, 1.54) is 0 Å². The highest BCUT2D eigenvalue weighted by Gasteiger charge is 2.07. The number of aryl methyl sites for hydroxylation is 1. The molecule has 0 aliphatic rings. The topological polar surface area (TPSA) is 68.8 Å². The third-order valence-electron chi connectivity index (χ3n) is 2.23. The first-order valence-corrected chi connectivity index (χ1v) is 5.36. The van der Waals surface area contributed by atoms with E-state index in [9.17, 15) is 0 Å². The molecule has 0 spiro atoms. The van der Waals surface area contributed by atoms with Crippen molar-refractivity contribution in [3.05, 3.63) is 18.4 Å². The average Bonchev–Trinajstić information content (AvgIpc) is 2.94. The van der Waals surface area contributed by atoms with E-state index in [-0.39, 0.29) is 0 Å². The molecule has 0 amide bonds. The smallest absolute Gasteiger partial charge is 0.240 e. The van der Waals surface area contributed by atoms with Crippen molar-refractivity contribution in [2.24, 2.45) is 0 Å². The summed E-state index contributed by atoms with van der Waals surface area (Å²) in [6.07, 6.45) is 3.74. The van der Waals surface area contributed by atoms with Crippen molar-refractivity contribution in [1.29, 1.82) is 0 Å². The molecule has 16 heavy (non-hydrogen) atoms. The quantitative estimate of drug-likeness (QED) is 0.735. The standard InChI is InChI=1S/C10H15N5O/c1-11-6-2-3-7-15-13-10(12-14-15)9-5-4-8-16-9/h4-5,8,11H,2-3,6-7H2,1H3. The van der Waals surface area contributed by atoms with Crippen molar-refractivity contribution >= 4 is 0 Å². The maximum atomic E-state index is 5.19. The second-order valence-electron chi connectivity index (χ2n) is 3.50. The Morgan fingerprint density at radius 3 is 3.12 bits per heavy atom. The van der Waals surface area contributed by atoms with Crippen LogP contribution in [0.2, 0.25) is 0 Å². The summed E-state index contributed by atoms with van der Waals surface area (Å²) < 4.78 is 5.19. The highest BCUT2D eigenvalue weighted by Crippen LogP contribution is 2.12. The SMILES string of the molecule is CNCCCCn1nnc(-c2ccco2)n1. The number of unbranched alkanes of at least 4 members (excludes halogenated alkanes) is 1. The molecule has 2 aromatic rings. The molecule has 0 aliphatic carbocycles. The first-order valence-electron chi connectivity index (χ1n) is 5.36. The van der Waals surface area contributed by atoms with E-state index in [1.54, 1.807) is 11.1 Å². The van der Waals surface area contributed by atoms with Crippen molar-refractivity contribution in [2.45, 2.75) is 19.4 Å². The largest absolute Gasteiger partial charge is 0.461 e. The van der Waals surface area contributed by atoms with Crippen molar-refractivity contribution in [1.82, 2.24) is 25.5 Å². The molecule has 0 bridgehead atoms. The summed E-state index contributed by atoms with van der Waals surface area (Å²) in [5.74, 6) is 1.19. The van der Waals surface area contributed by atoms with E-state index < -0.39 is 0 Å². The number of tetrazole rings is 1. The Morgan fingerprint density at radius 2 is 2.38 bits per heavy atom. The molecule has 0 aromatic carbocycles. The monoisotopic (exact) mass is 221 g/mol. The fourth-order valence-electron chi connectivity index (χ4n) is 1.40. The summed E-state index contributed by atoms with van der Waals surface area (Å²) in [6, 6.07) is 3.63. The highest BCUT2D eigenvalue weighted by molar-refractivity contribution is 5.43. The number of nitrogens with one attached hydrogen (secondary N) is 1. The molecule has 6 nitrogen and oxygen atoms in total. The van der Waals surface area contributed by atoms with Crippen LogP contribution in [0.25, 0.3) is 11.6 Å². The zero-order valence-corrected chi connectivity index (χ0v) is 9.26. The Bertz CT molecular complexity index is 409. The predicted molar refractivity (Wildman–Crippen MR) is 58.7 cm³/mol. The minimum absolute atomic E-state index is 0.540. The number of aromatic nitrogens is 4. The van der Waals surface area contributed by atoms with Gasteiger partial charge in [-0.05, 0) is 43.8 Å². The van der Waals surface area contributed by atoms with Crippen LogP contribution in [0, 0.1) is 0 Å². The van der Waals surface area contributed by atoms with Crippen LogP contribution in [0.4, 0.5) is 0 Å². The van der Waals surface area contributed by atoms with Gasteiger partial charge in [0.2, 0.25) is 5.82 Å². The molecular formula is C10H15N5O. The maximum Gasteiger partial charge on any atom is 0.240 e. The summed E-state index contributed by atoms with van der Waals surface area (Å²) in [6.45, 7) is 1.80. The van der Waals surface area contributed by atoms with Crippen LogP contribution in [-0.4, -0.2) is 33.8 Å². The number of rotatable bonds is 6. The Balaban J connectivity index is 1.88. The van der Waals surface area contributed by atoms with Crippen molar-refractivity contribution < 1.29 is 4.42 Å². The normalized spacial score (nSPS) is 10.8. The molecule has 2 rings (SSSR count). The van der Waals surface area contributed by atoms with Gasteiger partial charge in [0.25, 0.3) is 0 Å². The maximum absolute atomic E-state index is 5.19. The lowest BCUT2D eigenvalue weighted by atomic mass is 10.3. The molecule has 2 heterocycles. The zero-order chi connectivity index (χ0) is 11.2. The van der Waals surface area contributed by atoms with Gasteiger partial charge in [0.05, 0.1) is 12.8 Å². The number of hydrogen-bond acceptors (Lipinski definition) is 5. The van der Waals surface area contributed by atoms with Crippen LogP contribution in [0.15, 0.2) is 22.8 Å². The van der Waals surface area contributed by atoms with Crippen LogP contribution in [0.5, 0.6) is 0 Å². The molecule has 86 valence electrons. The molecule has 2 aromatic heterocycles. The third-order valence-corrected chi connectivity index (χ3v) is 2.23. The lowest BCUT2D eigenvalue weighted by Gasteiger charge is -1.98. The van der Waals surface area contributed by atoms with Gasteiger partial charge >= 0.3 is 0 Å². The van der Waals surface area contributed by atoms with E-state index in [0.717, 1.165) is 25.9 Å². The van der Waals surface area contributed by atoms with Gasteiger partial charge in [-0.3, -0.25) is 0 Å². The van der Waals surface area contributed by atoms with E-state index >= 15 is 0 Å². The van der Waals surface area contributed by atoms with Gasteiger partial charge in [0.1, 0.15) is 0 Å². The predicted octanol–water partition coefficient (Wildman–Crippen LogP) is 0.933. The van der Waals surface area contributed by atoms with Gasteiger partial charge in [0.15, 0.2) is 5.76 Å². The number of nitrogens with zero attached hydrogens (tertiary/aromatic N) is 4. The van der Waals surface area contributed by atoms with Crippen LogP contribution in [0.3, 0.4) is 0 Å². The first-order chi connectivity index (χ1) is 7.90. The molecule has 0 saturated heterocycles. The average molecular weight is 221 g/mol. The molecule has 0 saturated carbocycles. The summed E-state index contributed by atoms with van der Waals surface area (Å²) in [4.78, 5) is 1.60. The highest BCUT2D eigenvalue weighted by atomic mass is 16.3. The molecular weight excluding hydrogens is 206 g/mol. The number of hydrogen-bond donors (Lipinski definition) is 1. The summed E-state index contributed by atoms with van der Waals surface area (Å²) in [5.41, 5.74) is 0. The second-order valence-corrected chi connectivity index (χ2v) is 3.50. The van der Waals surface area contributed by atoms with Crippen molar-refractivity contribution in [3.8, 4) is 11.6 Å². The van der Waals surface area contributed by atoms with Gasteiger partial charge in [-0.15, -0.1) is 10.2 Å². The van der Waals surface area contributed by atoms with Gasteiger partial charge in [-0.2, -0.15) is 4.80 Å². The van der Waals surface area contributed by atoms with E-state index in [4.69, 9.17) is 4.42 Å². The summed E-state index contributed by atoms with van der Waals surface area (Å²) >= 11 is 0. The van der Waals surface area contributed by atoms with Crippen molar-refractivity contribution in [2.75, 3.05) is 13.6 Å². The molecule has 1 N–H and O–H groups in total. The minimum Gasteiger partial charge on any atom is -0.461 e. The number of furan rings is 1. The van der Waals surface area contributed by atoms with Gasteiger partial charge < -0.3 is 9.73 Å². The zero-order valence-electron chi connectivity index (χ0n) is 9.26. The Kier molecular flexibility index (Phi) is 3.66. The van der Waals surface area contributed by atoms with E-state index in [0.29, 0.717) is 11.6 Å². The molecule has 0 aliphatic heterocycles. The molecule has 6 heteroatoms. The van der Waals surface area contributed by atoms with E-state index in [1.807, 2.05) is 19.2 Å². The summed E-state index contributed by atoms with van der Waals surface area (Å²) in [7, 11) is 1.95. The van der Waals surface area contributed by atoms with Gasteiger partial charge in [-0.25, -0.2) is 0 Å². The lowest BCUT2D eigenvalue weighted by Crippen LogP contribution is -2.10. The van der Waals surface area contributed by atoms with Gasteiger partial charge in [-0.1, -0.05) is 0 Å². The minimum atomic E-state index is 0.540. The Morgan fingerprint density at radius 1 is 1.44 bits per heavy atom. The molecule has 0 radical (unpaired) electrons. The first kappa shape index (κ1) is 10.8. The third kappa shape index (κ3) is 2.66.